The van der Waals surface area contributed by atoms with Crippen LogP contribution >= 0.6 is 0 Å². The molecule has 49 heavy (non-hydrogen) atoms. The van der Waals surface area contributed by atoms with E-state index in [1.54, 1.807) is 0 Å². The van der Waals surface area contributed by atoms with E-state index in [1.807, 2.05) is 43.3 Å². The molecule has 3 unspecified atom stereocenters. The number of aliphatic hydroxyl groups is 2. The van der Waals surface area contributed by atoms with E-state index in [0.29, 0.717) is 0 Å². The fourth-order valence-corrected chi connectivity index (χ4v) is 6.26. The fraction of sp³-hybridized carbons (Fsp3) is 0.220. The number of aliphatic hydroxyl groups excluding tert-OH is 2. The molecule has 8 nitrogen and oxygen atoms in total. The first-order valence-corrected chi connectivity index (χ1v) is 16.1. The molecule has 0 bridgehead atoms. The lowest BCUT2D eigenvalue weighted by Crippen LogP contribution is -2.31. The monoisotopic (exact) mass is 658 g/mol. The number of fused-ring (bicyclic) bond motifs is 11. The summed E-state index contributed by atoms with van der Waals surface area (Å²) in [7, 11) is 0. The Hall–Kier alpha value is -5.12. The zero-order valence-electron chi connectivity index (χ0n) is 27.3. The van der Waals surface area contributed by atoms with Crippen molar-refractivity contribution in [3.05, 3.63) is 121 Å². The number of esters is 2. The van der Waals surface area contributed by atoms with Crippen molar-refractivity contribution >= 4 is 67.2 Å². The third-order valence-corrected chi connectivity index (χ3v) is 8.63. The van der Waals surface area contributed by atoms with Crippen molar-refractivity contribution in [3.63, 3.8) is 0 Å². The topological polar surface area (TPSA) is 112 Å². The smallest absolute Gasteiger partial charge is 0.330 e. The van der Waals surface area contributed by atoms with Crippen LogP contribution in [0.1, 0.15) is 23.6 Å². The summed E-state index contributed by atoms with van der Waals surface area (Å²) in [6, 6.07) is 23.1. The van der Waals surface area contributed by atoms with Crippen LogP contribution in [0.2, 0.25) is 0 Å². The summed E-state index contributed by atoms with van der Waals surface area (Å²) in [6.45, 7) is 8.57. The van der Waals surface area contributed by atoms with Crippen LogP contribution in [0, 0.1) is 0 Å². The van der Waals surface area contributed by atoms with E-state index in [4.69, 9.17) is 18.9 Å². The molecule has 0 saturated carbocycles. The van der Waals surface area contributed by atoms with Crippen molar-refractivity contribution in [1.29, 1.82) is 0 Å². The lowest BCUT2D eigenvalue weighted by Gasteiger charge is -2.24. The van der Waals surface area contributed by atoms with Crippen molar-refractivity contribution in [2.75, 3.05) is 26.4 Å². The second kappa shape index (κ2) is 14.6. The standard InChI is InChI=1S/C41H38O8/c1-4-37(44)47-23-27(42)22-46-21-26-14-15-34-36(20-26)30-11-7-9-13-33(30)40-35-17-19-41(3,49-25-28(43)24-48-38(45)5-2)18-16-31(35)29-10-6-8-12-32(29)39(34)40/h4-20,27-28,42-43H,1-2,21-25H2,3H3. The minimum Gasteiger partial charge on any atom is -0.460 e. The summed E-state index contributed by atoms with van der Waals surface area (Å²) in [5.74, 6) is -1.19. The molecule has 1 aliphatic rings. The number of carbonyl (C=O) groups is 2. The van der Waals surface area contributed by atoms with Gasteiger partial charge in [-0.1, -0.05) is 86.0 Å². The Balaban J connectivity index is 1.39. The molecule has 0 aliphatic heterocycles. The van der Waals surface area contributed by atoms with Crippen LogP contribution in [0.15, 0.2) is 104 Å². The molecule has 8 heteroatoms. The van der Waals surface area contributed by atoms with Crippen molar-refractivity contribution in [1.82, 2.24) is 0 Å². The molecule has 3 atom stereocenters. The minimum absolute atomic E-state index is 0.0158. The van der Waals surface area contributed by atoms with Gasteiger partial charge in [-0.2, -0.15) is 0 Å². The van der Waals surface area contributed by atoms with Gasteiger partial charge in [-0.05, 0) is 84.9 Å². The molecule has 5 aromatic rings. The summed E-state index contributed by atoms with van der Waals surface area (Å²) in [5, 5.41) is 29.4. The molecular formula is C41H38O8. The lowest BCUT2D eigenvalue weighted by atomic mass is 9.85. The summed E-state index contributed by atoms with van der Waals surface area (Å²) >= 11 is 0. The number of rotatable bonds is 13. The molecule has 2 N–H and O–H groups in total. The maximum Gasteiger partial charge on any atom is 0.330 e. The normalized spacial score (nSPS) is 16.7. The molecule has 0 heterocycles. The van der Waals surface area contributed by atoms with Gasteiger partial charge >= 0.3 is 11.9 Å². The second-order valence-corrected chi connectivity index (χ2v) is 12.2. The van der Waals surface area contributed by atoms with Crippen molar-refractivity contribution < 1.29 is 38.7 Å². The molecule has 1 aliphatic carbocycles. The predicted octanol–water partition coefficient (Wildman–Crippen LogP) is 6.81. The highest BCUT2D eigenvalue weighted by Crippen LogP contribution is 2.45. The highest BCUT2D eigenvalue weighted by molar-refractivity contribution is 6.34. The van der Waals surface area contributed by atoms with Gasteiger partial charge in [-0.25, -0.2) is 9.59 Å². The molecule has 0 amide bonds. The van der Waals surface area contributed by atoms with Gasteiger partial charge in [0, 0.05) is 12.2 Å². The summed E-state index contributed by atoms with van der Waals surface area (Å²) < 4.78 is 21.9. The molecule has 6 rings (SSSR count). The number of ether oxygens (including phenoxy) is 4. The Labute approximate surface area is 284 Å². The van der Waals surface area contributed by atoms with Gasteiger partial charge in [-0.3, -0.25) is 0 Å². The van der Waals surface area contributed by atoms with Gasteiger partial charge in [-0.15, -0.1) is 0 Å². The van der Waals surface area contributed by atoms with Crippen molar-refractivity contribution in [3.8, 4) is 0 Å². The first-order valence-electron chi connectivity index (χ1n) is 16.1. The summed E-state index contributed by atoms with van der Waals surface area (Å²) in [6.07, 6.45) is 8.35. The van der Waals surface area contributed by atoms with E-state index in [0.717, 1.165) is 71.9 Å². The van der Waals surface area contributed by atoms with Crippen molar-refractivity contribution in [2.45, 2.75) is 31.3 Å². The molecule has 0 spiro atoms. The Bertz CT molecular complexity index is 2150. The Kier molecular flexibility index (Phi) is 10.0. The number of hydrogen-bond acceptors (Lipinski definition) is 8. The zero-order valence-corrected chi connectivity index (χ0v) is 27.3. The SMILES string of the molecule is C=CC(=O)OCC(O)COCc1ccc2c(c1)c1ccccc1c1c3c(c4ccccc4c21)C=CC(C)(OCC(O)COC(=O)C=C)C=C3. The van der Waals surface area contributed by atoms with Crippen LogP contribution in [0.4, 0.5) is 0 Å². The van der Waals surface area contributed by atoms with Crippen LogP contribution in [0.5, 0.6) is 0 Å². The molecule has 0 fully saturated rings. The van der Waals surface area contributed by atoms with Gasteiger partial charge < -0.3 is 29.2 Å². The molecule has 250 valence electrons. The third-order valence-electron chi connectivity index (χ3n) is 8.63. The Morgan fingerprint density at radius 1 is 0.694 bits per heavy atom. The molecular weight excluding hydrogens is 620 g/mol. The Morgan fingerprint density at radius 3 is 1.90 bits per heavy atom. The predicted molar refractivity (Wildman–Crippen MR) is 193 cm³/mol. The summed E-state index contributed by atoms with van der Waals surface area (Å²) in [4.78, 5) is 22.7. The maximum atomic E-state index is 11.4. The van der Waals surface area contributed by atoms with Crippen LogP contribution in [-0.2, 0) is 35.1 Å². The van der Waals surface area contributed by atoms with Gasteiger partial charge in [0.05, 0.1) is 19.8 Å². The largest absolute Gasteiger partial charge is 0.460 e. The van der Waals surface area contributed by atoms with E-state index in [-0.39, 0.29) is 33.0 Å². The number of benzene rings is 5. The van der Waals surface area contributed by atoms with Gasteiger partial charge in [0.25, 0.3) is 0 Å². The van der Waals surface area contributed by atoms with E-state index in [2.05, 4.69) is 67.8 Å². The highest BCUT2D eigenvalue weighted by Gasteiger charge is 2.25. The van der Waals surface area contributed by atoms with Gasteiger partial charge in [0.15, 0.2) is 0 Å². The summed E-state index contributed by atoms with van der Waals surface area (Å²) in [5.41, 5.74) is 2.25. The van der Waals surface area contributed by atoms with Crippen LogP contribution in [-0.4, -0.2) is 66.4 Å². The van der Waals surface area contributed by atoms with E-state index >= 15 is 0 Å². The molecule has 0 saturated heterocycles. The van der Waals surface area contributed by atoms with E-state index in [9.17, 15) is 19.8 Å². The Morgan fingerprint density at radius 2 is 1.24 bits per heavy atom. The maximum absolute atomic E-state index is 11.4. The average Bonchev–Trinajstić information content (AvgIpc) is 3.31. The molecule has 5 aromatic carbocycles. The van der Waals surface area contributed by atoms with E-state index in [1.165, 1.54) is 0 Å². The minimum atomic E-state index is -0.993. The van der Waals surface area contributed by atoms with Crippen molar-refractivity contribution in [2.24, 2.45) is 0 Å². The molecule has 0 aromatic heterocycles. The fourth-order valence-electron chi connectivity index (χ4n) is 6.26. The van der Waals surface area contributed by atoms with Crippen LogP contribution in [0.25, 0.3) is 55.2 Å². The van der Waals surface area contributed by atoms with Gasteiger partial charge in [0.2, 0.25) is 0 Å². The first kappa shape index (κ1) is 33.8. The quantitative estimate of drug-likeness (QED) is 0.0807. The zero-order chi connectivity index (χ0) is 34.5. The molecule has 0 radical (unpaired) electrons. The number of hydrogen-bond donors (Lipinski definition) is 2. The average molecular weight is 659 g/mol. The lowest BCUT2D eigenvalue weighted by molar-refractivity contribution is -0.143. The number of carbonyl (C=O) groups excluding carboxylic acids is 2. The third kappa shape index (κ3) is 7.18. The van der Waals surface area contributed by atoms with E-state index < -0.39 is 29.7 Å². The van der Waals surface area contributed by atoms with Gasteiger partial charge in [0.1, 0.15) is 31.0 Å². The highest BCUT2D eigenvalue weighted by atomic mass is 16.6. The van der Waals surface area contributed by atoms with Crippen LogP contribution in [0.3, 0.4) is 0 Å². The van der Waals surface area contributed by atoms with Crippen LogP contribution < -0.4 is 0 Å². The first-order chi connectivity index (χ1) is 23.7. The second-order valence-electron chi connectivity index (χ2n) is 12.2.